The molecule has 0 saturated heterocycles. The summed E-state index contributed by atoms with van der Waals surface area (Å²) in [5.74, 6) is 0.681. The molecule has 106 valence electrons. The van der Waals surface area contributed by atoms with Crippen molar-refractivity contribution >= 4 is 24.0 Å². The highest BCUT2D eigenvalue weighted by molar-refractivity contribution is 7.98. The summed E-state index contributed by atoms with van der Waals surface area (Å²) in [4.78, 5) is 23.0. The van der Waals surface area contributed by atoms with Gasteiger partial charge in [-0.1, -0.05) is 32.0 Å². The van der Waals surface area contributed by atoms with Crippen molar-refractivity contribution in [2.45, 2.75) is 33.7 Å². The van der Waals surface area contributed by atoms with E-state index in [1.807, 2.05) is 40.0 Å². The van der Waals surface area contributed by atoms with Crippen LogP contribution in [0.5, 0.6) is 0 Å². The molecule has 1 N–H and O–H groups in total. The van der Waals surface area contributed by atoms with E-state index in [-0.39, 0.29) is 11.9 Å². The topological polar surface area (TPSA) is 46.2 Å². The SMILES string of the molecule is CC.CSCC(C)NC(=O)c1c(C)cccc1C=O. The second kappa shape index (κ2) is 9.62. The lowest BCUT2D eigenvalue weighted by molar-refractivity contribution is 0.0938. The number of aryl methyl sites for hydroxylation is 1. The molecule has 1 unspecified atom stereocenters. The standard InChI is InChI=1S/C13H17NO2S.C2H6/c1-9-5-4-6-11(7-15)12(9)13(16)14-10(2)8-17-3;1-2/h4-7,10H,8H2,1-3H3,(H,14,16);1-2H3. The van der Waals surface area contributed by atoms with Crippen molar-refractivity contribution in [3.8, 4) is 0 Å². The van der Waals surface area contributed by atoms with Gasteiger partial charge in [0.15, 0.2) is 6.29 Å². The van der Waals surface area contributed by atoms with E-state index in [2.05, 4.69) is 5.32 Å². The van der Waals surface area contributed by atoms with Gasteiger partial charge < -0.3 is 5.32 Å². The normalized spacial score (nSPS) is 11.0. The van der Waals surface area contributed by atoms with Crippen LogP contribution in [-0.4, -0.2) is 30.2 Å². The van der Waals surface area contributed by atoms with Crippen molar-refractivity contribution in [2.24, 2.45) is 0 Å². The lowest BCUT2D eigenvalue weighted by Gasteiger charge is -2.14. The molecular formula is C15H23NO2S. The minimum Gasteiger partial charge on any atom is -0.349 e. The first-order valence-corrected chi connectivity index (χ1v) is 7.84. The van der Waals surface area contributed by atoms with Crippen LogP contribution in [0.25, 0.3) is 0 Å². The Hall–Kier alpha value is -1.29. The van der Waals surface area contributed by atoms with E-state index >= 15 is 0 Å². The maximum Gasteiger partial charge on any atom is 0.252 e. The van der Waals surface area contributed by atoms with Crippen LogP contribution in [0.2, 0.25) is 0 Å². The van der Waals surface area contributed by atoms with Gasteiger partial charge in [-0.05, 0) is 25.7 Å². The Kier molecular flexibility index (Phi) is 8.96. The van der Waals surface area contributed by atoms with Crippen molar-refractivity contribution in [3.63, 3.8) is 0 Å². The molecule has 3 nitrogen and oxygen atoms in total. The number of nitrogens with one attached hydrogen (secondary N) is 1. The number of hydrogen-bond donors (Lipinski definition) is 1. The van der Waals surface area contributed by atoms with Crippen LogP contribution < -0.4 is 5.32 Å². The van der Waals surface area contributed by atoms with Crippen LogP contribution in [0.1, 0.15) is 47.1 Å². The summed E-state index contributed by atoms with van der Waals surface area (Å²) in [5.41, 5.74) is 1.75. The van der Waals surface area contributed by atoms with Gasteiger partial charge in [-0.2, -0.15) is 11.8 Å². The van der Waals surface area contributed by atoms with Crippen molar-refractivity contribution in [1.82, 2.24) is 5.32 Å². The fourth-order valence-corrected chi connectivity index (χ4v) is 2.27. The molecule has 19 heavy (non-hydrogen) atoms. The average molecular weight is 281 g/mol. The monoisotopic (exact) mass is 281 g/mol. The molecule has 4 heteroatoms. The number of hydrogen-bond acceptors (Lipinski definition) is 3. The van der Waals surface area contributed by atoms with E-state index in [9.17, 15) is 9.59 Å². The van der Waals surface area contributed by atoms with Crippen molar-refractivity contribution in [1.29, 1.82) is 0 Å². The number of carbonyl (C=O) groups excluding carboxylic acids is 2. The lowest BCUT2D eigenvalue weighted by atomic mass is 10.0. The third kappa shape index (κ3) is 5.47. The van der Waals surface area contributed by atoms with Crippen LogP contribution >= 0.6 is 11.8 Å². The molecule has 1 aromatic carbocycles. The largest absolute Gasteiger partial charge is 0.349 e. The van der Waals surface area contributed by atoms with Crippen LogP contribution in [0.4, 0.5) is 0 Å². The van der Waals surface area contributed by atoms with Gasteiger partial charge in [-0.15, -0.1) is 0 Å². The molecule has 1 atom stereocenters. The fourth-order valence-electron chi connectivity index (χ4n) is 1.69. The van der Waals surface area contributed by atoms with Gasteiger partial charge in [0.25, 0.3) is 5.91 Å². The summed E-state index contributed by atoms with van der Waals surface area (Å²) in [5, 5.41) is 2.89. The Bertz CT molecular complexity index is 419. The second-order valence-electron chi connectivity index (χ2n) is 3.99. The maximum atomic E-state index is 12.1. The summed E-state index contributed by atoms with van der Waals surface area (Å²) in [6.45, 7) is 7.79. The lowest BCUT2D eigenvalue weighted by Crippen LogP contribution is -2.35. The Morgan fingerprint density at radius 1 is 1.42 bits per heavy atom. The number of aldehydes is 1. The van der Waals surface area contributed by atoms with Crippen LogP contribution in [0, 0.1) is 6.92 Å². The molecule has 0 bridgehead atoms. The van der Waals surface area contributed by atoms with Crippen LogP contribution in [-0.2, 0) is 0 Å². The van der Waals surface area contributed by atoms with E-state index in [1.165, 1.54) is 0 Å². The van der Waals surface area contributed by atoms with Gasteiger partial charge in [0, 0.05) is 17.4 Å². The Morgan fingerprint density at radius 3 is 2.58 bits per heavy atom. The molecule has 1 aromatic rings. The molecule has 0 heterocycles. The molecule has 0 aliphatic heterocycles. The molecule has 0 aromatic heterocycles. The minimum absolute atomic E-state index is 0.0941. The molecule has 0 aliphatic carbocycles. The summed E-state index contributed by atoms with van der Waals surface area (Å²) in [7, 11) is 0. The Balaban J connectivity index is 0.00000154. The van der Waals surface area contributed by atoms with Gasteiger partial charge in [0.05, 0.1) is 5.56 Å². The van der Waals surface area contributed by atoms with Gasteiger partial charge in [0.2, 0.25) is 0 Å². The summed E-state index contributed by atoms with van der Waals surface area (Å²) in [6, 6.07) is 5.37. The first-order valence-electron chi connectivity index (χ1n) is 6.44. The third-order valence-corrected chi connectivity index (χ3v) is 3.29. The van der Waals surface area contributed by atoms with Gasteiger partial charge in [-0.25, -0.2) is 0 Å². The van der Waals surface area contributed by atoms with E-state index in [0.717, 1.165) is 17.6 Å². The molecule has 0 fully saturated rings. The first kappa shape index (κ1) is 17.7. The molecule has 0 saturated carbocycles. The van der Waals surface area contributed by atoms with Crippen LogP contribution in [0.3, 0.4) is 0 Å². The second-order valence-corrected chi connectivity index (χ2v) is 4.90. The average Bonchev–Trinajstić information content (AvgIpc) is 2.40. The van der Waals surface area contributed by atoms with E-state index in [1.54, 1.807) is 23.9 Å². The maximum absolute atomic E-state index is 12.1. The zero-order chi connectivity index (χ0) is 14.8. The third-order valence-electron chi connectivity index (χ3n) is 2.45. The number of rotatable bonds is 5. The highest BCUT2D eigenvalue weighted by Gasteiger charge is 2.15. The summed E-state index contributed by atoms with van der Waals surface area (Å²) in [6.07, 6.45) is 2.72. The Morgan fingerprint density at radius 2 is 2.05 bits per heavy atom. The first-order chi connectivity index (χ1) is 9.10. The van der Waals surface area contributed by atoms with Crippen molar-refractivity contribution in [2.75, 3.05) is 12.0 Å². The minimum atomic E-state index is -0.174. The molecule has 0 spiro atoms. The predicted molar refractivity (Wildman–Crippen MR) is 83.2 cm³/mol. The number of amides is 1. The van der Waals surface area contributed by atoms with Crippen molar-refractivity contribution in [3.05, 3.63) is 34.9 Å². The van der Waals surface area contributed by atoms with Crippen LogP contribution in [0.15, 0.2) is 18.2 Å². The quantitative estimate of drug-likeness (QED) is 0.842. The highest BCUT2D eigenvalue weighted by Crippen LogP contribution is 2.13. The van der Waals surface area contributed by atoms with E-state index < -0.39 is 0 Å². The number of benzene rings is 1. The highest BCUT2D eigenvalue weighted by atomic mass is 32.2. The molecule has 1 amide bonds. The molecule has 1 rings (SSSR count). The molecule has 0 radical (unpaired) electrons. The molecule has 0 aliphatic rings. The molecular weight excluding hydrogens is 258 g/mol. The number of carbonyl (C=O) groups is 2. The number of thioether (sulfide) groups is 1. The predicted octanol–water partition coefficient (Wildman–Crippen LogP) is 3.32. The van der Waals surface area contributed by atoms with E-state index in [0.29, 0.717) is 11.1 Å². The fraction of sp³-hybridized carbons (Fsp3) is 0.467. The summed E-state index contributed by atoms with van der Waals surface area (Å²) >= 11 is 1.68. The zero-order valence-electron chi connectivity index (χ0n) is 12.3. The van der Waals surface area contributed by atoms with Crippen molar-refractivity contribution < 1.29 is 9.59 Å². The van der Waals surface area contributed by atoms with E-state index in [4.69, 9.17) is 0 Å². The van der Waals surface area contributed by atoms with Gasteiger partial charge in [0.1, 0.15) is 0 Å². The van der Waals surface area contributed by atoms with Gasteiger partial charge >= 0.3 is 0 Å². The summed E-state index contributed by atoms with van der Waals surface area (Å²) < 4.78 is 0. The Labute approximate surface area is 120 Å². The zero-order valence-corrected chi connectivity index (χ0v) is 13.1. The smallest absolute Gasteiger partial charge is 0.252 e. The van der Waals surface area contributed by atoms with Gasteiger partial charge in [-0.3, -0.25) is 9.59 Å².